The van der Waals surface area contributed by atoms with Crippen LogP contribution in [0.3, 0.4) is 0 Å². The predicted octanol–water partition coefficient (Wildman–Crippen LogP) is 5.54. The molecule has 0 aliphatic rings. The molecule has 0 unspecified atom stereocenters. The number of benzene rings is 6. The van der Waals surface area contributed by atoms with Crippen LogP contribution in [0.2, 0.25) is 0 Å². The highest BCUT2D eigenvalue weighted by molar-refractivity contribution is 7.80. The van der Waals surface area contributed by atoms with Crippen LogP contribution in [0.4, 0.5) is 0 Å². The van der Waals surface area contributed by atoms with Gasteiger partial charge in [-0.2, -0.15) is 0 Å². The highest BCUT2D eigenvalue weighted by Crippen LogP contribution is 2.36. The van der Waals surface area contributed by atoms with E-state index in [4.69, 9.17) is 15.2 Å². The second-order valence-corrected chi connectivity index (χ2v) is 16.7. The topological polar surface area (TPSA) is 137 Å². The highest BCUT2D eigenvalue weighted by Gasteiger charge is 2.26. The van der Waals surface area contributed by atoms with Gasteiger partial charge in [0.1, 0.15) is 0 Å². The molecule has 0 spiro atoms. The van der Waals surface area contributed by atoms with Crippen molar-refractivity contribution in [3.05, 3.63) is 180 Å². The van der Waals surface area contributed by atoms with E-state index in [0.717, 1.165) is 38.4 Å². The molecule has 0 saturated heterocycles. The lowest BCUT2D eigenvalue weighted by molar-refractivity contribution is 0.0593. The zero-order valence-electron chi connectivity index (χ0n) is 33.3. The number of nitrogens with one attached hydrogen (secondary N) is 2. The van der Waals surface area contributed by atoms with Gasteiger partial charge in [0, 0.05) is 35.3 Å². The van der Waals surface area contributed by atoms with Gasteiger partial charge in [0.2, 0.25) is 0 Å². The lowest BCUT2D eigenvalue weighted by Crippen LogP contribution is -2.28. The number of ether oxygens (including phenoxy) is 2. The van der Waals surface area contributed by atoms with Crippen molar-refractivity contribution in [3.63, 3.8) is 0 Å². The van der Waals surface area contributed by atoms with Crippen molar-refractivity contribution < 1.29 is 28.7 Å². The molecule has 0 aromatic heterocycles. The van der Waals surface area contributed by atoms with Crippen LogP contribution in [-0.2, 0) is 9.47 Å². The molecule has 0 bridgehead atoms. The molecule has 6 aromatic rings. The maximum Gasteiger partial charge on any atom is 0.338 e. The Kier molecular flexibility index (Phi) is 18.0. The molecule has 298 valence electrons. The number of rotatable bonds is 11. The summed E-state index contributed by atoms with van der Waals surface area (Å²) >= 11 is 0. The molecule has 58 heavy (non-hydrogen) atoms. The first-order valence-corrected chi connectivity index (χ1v) is 21.4. The van der Waals surface area contributed by atoms with Crippen LogP contribution in [0.15, 0.2) is 158 Å². The summed E-state index contributed by atoms with van der Waals surface area (Å²) in [4.78, 5) is 49.6. The van der Waals surface area contributed by atoms with E-state index in [1.807, 2.05) is 117 Å². The van der Waals surface area contributed by atoms with Gasteiger partial charge in [-0.15, -0.1) is 0 Å². The van der Waals surface area contributed by atoms with Crippen LogP contribution in [0.25, 0.3) is 0 Å². The summed E-state index contributed by atoms with van der Waals surface area (Å²) in [7, 11) is 2.26. The van der Waals surface area contributed by atoms with Gasteiger partial charge in [-0.1, -0.05) is 128 Å². The molecule has 0 aliphatic carbocycles. The monoisotopic (exact) mass is 813 g/mol. The van der Waals surface area contributed by atoms with Crippen molar-refractivity contribution in [2.24, 2.45) is 5.73 Å². The van der Waals surface area contributed by atoms with Crippen LogP contribution < -0.4 is 48.2 Å². The summed E-state index contributed by atoms with van der Waals surface area (Å²) in [5, 5.41) is 11.5. The second-order valence-electron chi connectivity index (χ2n) is 12.3. The molecule has 0 heterocycles. The fraction of sp³-hybridized carbons (Fsp3) is 0.149. The molecule has 0 fully saturated rings. The molecule has 0 atom stereocenters. The van der Waals surface area contributed by atoms with E-state index in [9.17, 15) is 19.2 Å². The van der Waals surface area contributed by atoms with Crippen molar-refractivity contribution in [1.82, 2.24) is 10.6 Å². The summed E-state index contributed by atoms with van der Waals surface area (Å²) in [6.07, 6.45) is 0. The molecule has 6 aromatic carbocycles. The third-order valence-electron chi connectivity index (χ3n) is 8.43. The molecular weight excluding hydrogens is 764 g/mol. The molecule has 4 N–H and O–H groups in total. The Morgan fingerprint density at radius 1 is 0.517 bits per heavy atom. The molecule has 0 aliphatic heterocycles. The first kappa shape index (κ1) is 44.7. The van der Waals surface area contributed by atoms with Gasteiger partial charge in [0.15, 0.2) is 0 Å². The maximum atomic E-state index is 12.5. The minimum absolute atomic E-state index is 0.156. The number of carbonyl (C=O) groups is 4. The fourth-order valence-electron chi connectivity index (χ4n) is 5.85. The smallest absolute Gasteiger partial charge is 0.338 e. The molecular formula is C47H49N3O6P2. The highest BCUT2D eigenvalue weighted by atomic mass is 31.1. The van der Waals surface area contributed by atoms with E-state index in [1.165, 1.54) is 14.2 Å². The fourth-order valence-corrected chi connectivity index (χ4v) is 10.8. The Morgan fingerprint density at radius 3 is 1.10 bits per heavy atom. The van der Waals surface area contributed by atoms with Crippen molar-refractivity contribution in [2.45, 2.75) is 13.8 Å². The number of carbonyl (C=O) groups excluding carboxylic acids is 4. The SMILES string of the molecule is CCN.CCNC(=O)c1ccc(C(=O)OC)c(P(c2ccccc2)c2ccccc2)c1.CNC(=O)c1ccc(C(=O)OC)c(P(c2ccccc2)c2ccccc2)c1. The van der Waals surface area contributed by atoms with Crippen molar-refractivity contribution in [1.29, 1.82) is 0 Å². The van der Waals surface area contributed by atoms with Gasteiger partial charge in [-0.25, -0.2) is 9.59 Å². The zero-order valence-corrected chi connectivity index (χ0v) is 35.1. The van der Waals surface area contributed by atoms with Crippen LogP contribution in [0, 0.1) is 0 Å². The van der Waals surface area contributed by atoms with E-state index in [-0.39, 0.29) is 11.8 Å². The van der Waals surface area contributed by atoms with E-state index in [0.29, 0.717) is 28.8 Å². The normalized spacial score (nSPS) is 10.3. The summed E-state index contributed by atoms with van der Waals surface area (Å²) < 4.78 is 10.0. The first-order chi connectivity index (χ1) is 28.2. The Morgan fingerprint density at radius 2 is 0.828 bits per heavy atom. The average molecular weight is 814 g/mol. The maximum absolute atomic E-state index is 12.5. The van der Waals surface area contributed by atoms with E-state index in [2.05, 4.69) is 34.9 Å². The minimum atomic E-state index is -1.04. The van der Waals surface area contributed by atoms with Crippen molar-refractivity contribution >= 4 is 71.4 Å². The third kappa shape index (κ3) is 11.8. The number of esters is 2. The summed E-state index contributed by atoms with van der Waals surface area (Å²) in [5.74, 6) is -1.16. The standard InChI is InChI=1S/C23H22NO3P.C22H20NO3P.C2H7N/c1-3-24-22(25)17-14-15-20(23(26)27-2)21(16-17)28(18-10-6-4-7-11-18)19-12-8-5-9-13-19;1-23-21(24)16-13-14-19(22(25)26-2)20(15-16)27(17-9-5-3-6-10-17)18-11-7-4-8-12-18;1-2-3/h4-16H,3H2,1-2H3,(H,24,25);3-15H,1-2H3,(H,23,24);2-3H2,1H3. The van der Waals surface area contributed by atoms with Crippen LogP contribution in [0.5, 0.6) is 0 Å². The molecule has 9 nitrogen and oxygen atoms in total. The quantitative estimate of drug-likeness (QED) is 0.116. The average Bonchev–Trinajstić information content (AvgIpc) is 3.28. The van der Waals surface area contributed by atoms with Crippen LogP contribution >= 0.6 is 15.8 Å². The summed E-state index contributed by atoms with van der Waals surface area (Å²) in [5.41, 5.74) is 6.85. The van der Waals surface area contributed by atoms with Gasteiger partial charge in [0.05, 0.1) is 25.3 Å². The Hall–Kier alpha value is -5.98. The van der Waals surface area contributed by atoms with Gasteiger partial charge in [-0.05, 0) is 86.9 Å². The van der Waals surface area contributed by atoms with Crippen molar-refractivity contribution in [2.75, 3.05) is 34.4 Å². The van der Waals surface area contributed by atoms with Crippen LogP contribution in [0.1, 0.15) is 55.3 Å². The summed E-state index contributed by atoms with van der Waals surface area (Å²) in [6.45, 7) is 5.07. The lowest BCUT2D eigenvalue weighted by Gasteiger charge is -2.22. The Bertz CT molecular complexity index is 2160. The van der Waals surface area contributed by atoms with Gasteiger partial charge < -0.3 is 25.8 Å². The number of nitrogens with two attached hydrogens (primary N) is 1. The van der Waals surface area contributed by atoms with Gasteiger partial charge in [0.25, 0.3) is 11.8 Å². The molecule has 11 heteroatoms. The van der Waals surface area contributed by atoms with E-state index < -0.39 is 27.8 Å². The van der Waals surface area contributed by atoms with E-state index in [1.54, 1.807) is 37.4 Å². The predicted molar refractivity (Wildman–Crippen MR) is 239 cm³/mol. The number of amides is 2. The largest absolute Gasteiger partial charge is 0.465 e. The Labute approximate surface area is 343 Å². The lowest BCUT2D eigenvalue weighted by atomic mass is 10.1. The Balaban J connectivity index is 0.000000241. The third-order valence-corrected chi connectivity index (χ3v) is 13.4. The molecule has 2 amide bonds. The molecule has 6 rings (SSSR count). The molecule has 0 radical (unpaired) electrons. The van der Waals surface area contributed by atoms with Crippen molar-refractivity contribution in [3.8, 4) is 0 Å². The van der Waals surface area contributed by atoms with Gasteiger partial charge >= 0.3 is 11.9 Å². The van der Waals surface area contributed by atoms with E-state index >= 15 is 0 Å². The first-order valence-electron chi connectivity index (χ1n) is 18.7. The second kappa shape index (κ2) is 23.3. The summed E-state index contributed by atoms with van der Waals surface area (Å²) in [6, 6.07) is 50.4. The van der Waals surface area contributed by atoms with Crippen LogP contribution in [-0.4, -0.2) is 58.1 Å². The minimum Gasteiger partial charge on any atom is -0.465 e. The number of hydrogen-bond acceptors (Lipinski definition) is 7. The van der Waals surface area contributed by atoms with Gasteiger partial charge in [-0.3, -0.25) is 9.59 Å². The number of methoxy groups -OCH3 is 2. The number of hydrogen-bond donors (Lipinski definition) is 3. The molecule has 0 saturated carbocycles. The zero-order chi connectivity index (χ0) is 41.9.